The van der Waals surface area contributed by atoms with Crippen LogP contribution >= 0.6 is 0 Å². The predicted octanol–water partition coefficient (Wildman–Crippen LogP) is 3.38. The number of hydrogen-bond donors (Lipinski definition) is 1. The Morgan fingerprint density at radius 2 is 1.42 bits per heavy atom. The second-order valence-corrected chi connectivity index (χ2v) is 7.62. The fourth-order valence-corrected chi connectivity index (χ4v) is 3.14. The summed E-state index contributed by atoms with van der Waals surface area (Å²) < 4.78 is 28.4. The van der Waals surface area contributed by atoms with Crippen molar-refractivity contribution < 1.29 is 13.9 Å². The first kappa shape index (κ1) is 22.7. The van der Waals surface area contributed by atoms with Crippen LogP contribution in [0.5, 0.6) is 0 Å². The van der Waals surface area contributed by atoms with Gasteiger partial charge in [-0.15, -0.1) is 0 Å². The van der Waals surface area contributed by atoms with Gasteiger partial charge in [0.1, 0.15) is 0 Å². The highest BCUT2D eigenvalue weighted by Crippen LogP contribution is 2.20. The van der Waals surface area contributed by atoms with Gasteiger partial charge in [0.25, 0.3) is 5.56 Å². The Balaban J connectivity index is 1.64. The maximum absolute atomic E-state index is 15.8. The van der Waals surface area contributed by atoms with Gasteiger partial charge in [-0.25, -0.2) is 9.18 Å². The summed E-state index contributed by atoms with van der Waals surface area (Å²) >= 11 is 0. The topological polar surface area (TPSA) is 73.3 Å². The highest BCUT2D eigenvalue weighted by molar-refractivity contribution is 5.14. The molecule has 0 aliphatic heterocycles. The summed E-state index contributed by atoms with van der Waals surface area (Å²) in [6.45, 7) is 1.91. The zero-order chi connectivity index (χ0) is 22.1. The molecule has 7 heteroatoms. The van der Waals surface area contributed by atoms with Gasteiger partial charge in [0, 0.05) is 24.7 Å². The Morgan fingerprint density at radius 1 is 0.903 bits per heavy atom. The second-order valence-electron chi connectivity index (χ2n) is 7.62. The number of aromatic amines is 1. The van der Waals surface area contributed by atoms with Crippen molar-refractivity contribution in [2.24, 2.45) is 0 Å². The molecule has 6 nitrogen and oxygen atoms in total. The lowest BCUT2D eigenvalue weighted by Gasteiger charge is -2.25. The van der Waals surface area contributed by atoms with Crippen LogP contribution in [0, 0.1) is 6.92 Å². The summed E-state index contributed by atoms with van der Waals surface area (Å²) in [5.41, 5.74) is -0.513. The standard InChI is InChI=1S/C24H27FN2O4/c1-19-14-27(23(29)26-22(19)28)13-12-24(25,17-30-15-20-8-4-2-5-9-20)18-31-16-21-10-6-3-7-11-21/h2-11,14H,12-13,15-18H2,1H3,(H,26,28,29). The number of alkyl halides is 1. The Morgan fingerprint density at radius 3 is 1.94 bits per heavy atom. The molecule has 0 unspecified atom stereocenters. The summed E-state index contributed by atoms with van der Waals surface area (Å²) in [5.74, 6) is 0. The van der Waals surface area contributed by atoms with Crippen molar-refractivity contribution in [3.8, 4) is 0 Å². The third-order valence-corrected chi connectivity index (χ3v) is 4.93. The smallest absolute Gasteiger partial charge is 0.328 e. The first-order valence-corrected chi connectivity index (χ1v) is 10.2. The maximum atomic E-state index is 15.8. The molecule has 1 N–H and O–H groups in total. The molecule has 164 valence electrons. The molecule has 0 spiro atoms. The Kier molecular flexibility index (Phi) is 7.92. The summed E-state index contributed by atoms with van der Waals surface area (Å²) in [6, 6.07) is 19.1. The van der Waals surface area contributed by atoms with E-state index in [0.717, 1.165) is 11.1 Å². The number of hydrogen-bond acceptors (Lipinski definition) is 4. The van der Waals surface area contributed by atoms with E-state index < -0.39 is 16.9 Å². The molecule has 0 aliphatic carbocycles. The third-order valence-electron chi connectivity index (χ3n) is 4.93. The van der Waals surface area contributed by atoms with Gasteiger partial charge in [0.05, 0.1) is 26.4 Å². The maximum Gasteiger partial charge on any atom is 0.328 e. The van der Waals surface area contributed by atoms with Crippen LogP contribution in [0.15, 0.2) is 76.4 Å². The van der Waals surface area contributed by atoms with E-state index in [1.54, 1.807) is 6.92 Å². The second kappa shape index (κ2) is 10.8. The molecular weight excluding hydrogens is 399 g/mol. The van der Waals surface area contributed by atoms with Gasteiger partial charge >= 0.3 is 5.69 Å². The average molecular weight is 426 g/mol. The van der Waals surface area contributed by atoms with E-state index in [9.17, 15) is 9.59 Å². The van der Waals surface area contributed by atoms with E-state index in [1.165, 1.54) is 10.8 Å². The van der Waals surface area contributed by atoms with Crippen LogP contribution in [0.4, 0.5) is 4.39 Å². The Labute approximate surface area is 180 Å². The molecule has 2 aromatic carbocycles. The van der Waals surface area contributed by atoms with Crippen LogP contribution in [0.3, 0.4) is 0 Å². The minimum absolute atomic E-state index is 0.00195. The Hall–Kier alpha value is -3.03. The molecule has 1 aromatic heterocycles. The lowest BCUT2D eigenvalue weighted by molar-refractivity contribution is -0.0594. The zero-order valence-corrected chi connectivity index (χ0v) is 17.6. The molecule has 31 heavy (non-hydrogen) atoms. The van der Waals surface area contributed by atoms with E-state index in [2.05, 4.69) is 4.98 Å². The molecule has 0 bridgehead atoms. The molecule has 3 rings (SSSR count). The first-order valence-electron chi connectivity index (χ1n) is 10.2. The number of benzene rings is 2. The number of nitrogens with zero attached hydrogens (tertiary/aromatic N) is 1. The third kappa shape index (κ3) is 7.01. The van der Waals surface area contributed by atoms with E-state index in [0.29, 0.717) is 5.56 Å². The van der Waals surface area contributed by atoms with Crippen molar-refractivity contribution in [1.29, 1.82) is 0 Å². The number of aromatic nitrogens is 2. The van der Waals surface area contributed by atoms with Gasteiger partial charge < -0.3 is 14.0 Å². The van der Waals surface area contributed by atoms with Crippen molar-refractivity contribution in [1.82, 2.24) is 9.55 Å². The first-order chi connectivity index (χ1) is 15.0. The van der Waals surface area contributed by atoms with Crippen LogP contribution in [-0.2, 0) is 29.2 Å². The molecule has 0 radical (unpaired) electrons. The molecule has 0 amide bonds. The number of halogens is 1. The lowest BCUT2D eigenvalue weighted by atomic mass is 10.0. The fraction of sp³-hybridized carbons (Fsp3) is 0.333. The van der Waals surface area contributed by atoms with Crippen LogP contribution in [-0.4, -0.2) is 28.4 Å². The molecule has 0 atom stereocenters. The molecular formula is C24H27FN2O4. The van der Waals surface area contributed by atoms with Gasteiger partial charge in [0.15, 0.2) is 5.67 Å². The van der Waals surface area contributed by atoms with Crippen LogP contribution in [0.2, 0.25) is 0 Å². The monoisotopic (exact) mass is 426 g/mol. The van der Waals surface area contributed by atoms with Gasteiger partial charge in [0.2, 0.25) is 0 Å². The van der Waals surface area contributed by atoms with Crippen LogP contribution in [0.25, 0.3) is 0 Å². The highest BCUT2D eigenvalue weighted by Gasteiger charge is 2.31. The predicted molar refractivity (Wildman–Crippen MR) is 117 cm³/mol. The highest BCUT2D eigenvalue weighted by atomic mass is 19.1. The molecule has 0 saturated carbocycles. The van der Waals surface area contributed by atoms with Crippen LogP contribution < -0.4 is 11.2 Å². The van der Waals surface area contributed by atoms with Crippen LogP contribution in [0.1, 0.15) is 23.1 Å². The van der Waals surface area contributed by atoms with E-state index >= 15 is 4.39 Å². The fourth-order valence-electron chi connectivity index (χ4n) is 3.14. The molecule has 0 aliphatic rings. The molecule has 0 fully saturated rings. The van der Waals surface area contributed by atoms with Gasteiger partial charge in [-0.2, -0.15) is 0 Å². The molecule has 3 aromatic rings. The number of aryl methyl sites for hydroxylation is 2. The van der Waals surface area contributed by atoms with Gasteiger partial charge in [-0.05, 0) is 18.1 Å². The van der Waals surface area contributed by atoms with E-state index in [1.807, 2.05) is 60.7 Å². The largest absolute Gasteiger partial charge is 0.373 e. The summed E-state index contributed by atoms with van der Waals surface area (Å²) in [4.78, 5) is 25.8. The van der Waals surface area contributed by atoms with Crippen molar-refractivity contribution in [3.05, 3.63) is 104 Å². The average Bonchev–Trinajstić information content (AvgIpc) is 2.77. The number of H-pyrrole nitrogens is 1. The quantitative estimate of drug-likeness (QED) is 0.510. The number of ether oxygens (including phenoxy) is 2. The minimum atomic E-state index is -1.80. The normalized spacial score (nSPS) is 11.5. The van der Waals surface area contributed by atoms with E-state index in [-0.39, 0.29) is 39.4 Å². The van der Waals surface area contributed by atoms with Crippen molar-refractivity contribution in [3.63, 3.8) is 0 Å². The van der Waals surface area contributed by atoms with Gasteiger partial charge in [-0.1, -0.05) is 60.7 Å². The lowest BCUT2D eigenvalue weighted by Crippen LogP contribution is -2.38. The summed E-state index contributed by atoms with van der Waals surface area (Å²) in [5, 5.41) is 0. The molecule has 1 heterocycles. The Bertz CT molecular complexity index is 1020. The van der Waals surface area contributed by atoms with Crippen molar-refractivity contribution in [2.75, 3.05) is 13.2 Å². The summed E-state index contributed by atoms with van der Waals surface area (Å²) in [7, 11) is 0. The van der Waals surface area contributed by atoms with E-state index in [4.69, 9.17) is 9.47 Å². The number of nitrogens with one attached hydrogen (secondary N) is 1. The number of rotatable bonds is 11. The van der Waals surface area contributed by atoms with Crippen molar-refractivity contribution in [2.45, 2.75) is 38.8 Å². The zero-order valence-electron chi connectivity index (χ0n) is 17.6. The van der Waals surface area contributed by atoms with Gasteiger partial charge in [-0.3, -0.25) is 9.78 Å². The summed E-state index contributed by atoms with van der Waals surface area (Å²) in [6.07, 6.45) is 1.44. The minimum Gasteiger partial charge on any atom is -0.373 e. The SMILES string of the molecule is Cc1cn(CCC(F)(COCc2ccccc2)COCc2ccccc2)c(=O)[nH]c1=O. The van der Waals surface area contributed by atoms with Crippen molar-refractivity contribution >= 4 is 0 Å². The molecule has 0 saturated heterocycles.